The zero-order valence-corrected chi connectivity index (χ0v) is 54.5. The predicted octanol–water partition coefficient (Wildman–Crippen LogP) is 15.4. The first-order valence-corrected chi connectivity index (χ1v) is 24.5. The van der Waals surface area contributed by atoms with Gasteiger partial charge in [0.15, 0.2) is 5.05 Å². The Morgan fingerprint density at radius 2 is 0.634 bits per heavy atom. The third kappa shape index (κ3) is 5100. The third-order valence-electron chi connectivity index (χ3n) is 2.10. The first-order chi connectivity index (χ1) is 32.9. The van der Waals surface area contributed by atoms with Crippen LogP contribution in [0.4, 0.5) is 13.2 Å². The van der Waals surface area contributed by atoms with Gasteiger partial charge in [0.1, 0.15) is 6.29 Å². The predicted molar refractivity (Wildman–Crippen MR) is 317 cm³/mol. The van der Waals surface area contributed by atoms with Crippen LogP contribution in [0.1, 0.15) is 227 Å². The number of rotatable bonds is 2. The summed E-state index contributed by atoms with van der Waals surface area (Å²) in [6.45, 7) is 58.7. The number of halogens is 3. The standard InChI is InChI=1S/C4H10O.C4H10.2C4H8.C3H6F2O.C3H6O2.C3H6OS.C3H8.C2H4O2.C2H4O.7C2H6.2CH5BO2.CH3F.CH4O.H2O2/c1-4(2,3)5;3*1-3-4-2;1-3(4,5)6-2;1-3(4)5-2;1-3(5)4-2;1-3-2;1-2(3)4;1-2-3;7*1-2;2*1-2(3)4;3*1-2/h5H,1-3H3;3-4H2,1-2H3;2*3-4H,1-2H3;1-2H3;2*1-2H3;3H2,1-2H3;1H3,(H,3,4);2H,1H3;7*1-2H3;2*3-4H,1H3;1H3;2H,1H3;1-2H. The van der Waals surface area contributed by atoms with Gasteiger partial charge in [-0.1, -0.05) is 168 Å². The van der Waals surface area contributed by atoms with Crippen LogP contribution in [-0.4, -0.2) is 131 Å². The van der Waals surface area contributed by atoms with Gasteiger partial charge in [-0.15, -0.1) is 0 Å². The number of methoxy groups -OCH3 is 3. The molecule has 454 valence electrons. The molecule has 0 radical (unpaired) electrons. The zero-order valence-electron chi connectivity index (χ0n) is 53.7. The minimum Gasteiger partial charge on any atom is -0.491 e. The highest BCUT2D eigenvalue weighted by Gasteiger charge is 2.17. The molecule has 0 saturated carbocycles. The minimum atomic E-state index is -2.96. The summed E-state index contributed by atoms with van der Waals surface area (Å²) in [5.41, 5.74) is -0.500. The van der Waals surface area contributed by atoms with E-state index < -0.39 is 31.9 Å². The number of ether oxygens (including phenoxy) is 3. The molecule has 0 fully saturated rings. The number of carboxylic acids is 1. The van der Waals surface area contributed by atoms with Crippen molar-refractivity contribution < 1.29 is 87.7 Å². The van der Waals surface area contributed by atoms with Crippen LogP contribution in [0.2, 0.25) is 13.6 Å². The van der Waals surface area contributed by atoms with Gasteiger partial charge in [-0.25, -0.2) is 0 Å². The van der Waals surface area contributed by atoms with Crippen LogP contribution in [0, 0.1) is 0 Å². The first kappa shape index (κ1) is 144. The number of carbonyl (C=O) groups excluding carboxylic acids is 2. The first-order valence-electron chi connectivity index (χ1n) is 24.1. The lowest BCUT2D eigenvalue weighted by Crippen LogP contribution is -2.10. The molecule has 0 rings (SSSR count). The molecule has 9 N–H and O–H groups in total. The highest BCUT2D eigenvalue weighted by Crippen LogP contribution is 2.09. The van der Waals surface area contributed by atoms with Crippen LogP contribution >= 0.6 is 12.2 Å². The Balaban J connectivity index is -0.0000000179. The Morgan fingerprint density at radius 3 is 0.634 bits per heavy atom. The van der Waals surface area contributed by atoms with Gasteiger partial charge in [0.2, 0.25) is 0 Å². The van der Waals surface area contributed by atoms with Crippen LogP contribution in [0.15, 0.2) is 24.3 Å². The van der Waals surface area contributed by atoms with Crippen molar-refractivity contribution in [3.63, 3.8) is 0 Å². The molecule has 15 nitrogen and oxygen atoms in total. The Labute approximate surface area is 448 Å². The quantitative estimate of drug-likeness (QED) is 0.0237. The Hall–Kier alpha value is -2.46. The van der Waals surface area contributed by atoms with E-state index in [1.165, 1.54) is 53.9 Å². The van der Waals surface area contributed by atoms with Gasteiger partial charge in [0, 0.05) is 41.9 Å². The monoisotopic (exact) mass is 1080 g/mol. The second-order valence-corrected chi connectivity index (χ2v) is 10.2. The second kappa shape index (κ2) is 237. The summed E-state index contributed by atoms with van der Waals surface area (Å²) in [5.74, 6) is -1.08. The number of allylic oxidation sites excluding steroid dienone is 4. The number of hydrogen-bond acceptors (Lipinski definition) is 15. The molecule has 0 unspecified atom stereocenters. The average Bonchev–Trinajstić information content (AvgIpc) is 3.35. The smallest absolute Gasteiger partial charge is 0.448 e. The van der Waals surface area contributed by atoms with Gasteiger partial charge in [-0.3, -0.25) is 24.5 Å². The third-order valence-corrected chi connectivity index (χ3v) is 2.27. The number of esters is 1. The maximum atomic E-state index is 11.2. The second-order valence-electron chi connectivity index (χ2n) is 9.63. The van der Waals surface area contributed by atoms with E-state index >= 15 is 0 Å². The van der Waals surface area contributed by atoms with Crippen LogP contribution in [0.3, 0.4) is 0 Å². The van der Waals surface area contributed by atoms with Crippen molar-refractivity contribution in [3.8, 4) is 0 Å². The number of carboxylic acid groups (broad SMARTS) is 1. The molecule has 0 aliphatic carbocycles. The molecular weight excluding hydrogens is 951 g/mol. The minimum absolute atomic E-state index is 0.245. The average molecular weight is 1080 g/mol. The highest BCUT2D eigenvalue weighted by molar-refractivity contribution is 7.80. The lowest BCUT2D eigenvalue weighted by Gasteiger charge is -2.04. The molecule has 21 heteroatoms. The Kier molecular flexibility index (Phi) is 481. The topological polar surface area (TPSA) is 261 Å². The molecule has 71 heavy (non-hydrogen) atoms. The van der Waals surface area contributed by atoms with Gasteiger partial charge < -0.3 is 54.4 Å². The summed E-state index contributed by atoms with van der Waals surface area (Å²) in [6.07, 6.45) is 9.68. The van der Waals surface area contributed by atoms with Gasteiger partial charge in [0.05, 0.1) is 27.0 Å². The van der Waals surface area contributed by atoms with Crippen molar-refractivity contribution >= 4 is 49.7 Å². The van der Waals surface area contributed by atoms with Gasteiger partial charge in [-0.05, 0) is 81.3 Å². The molecule has 0 aromatic heterocycles. The van der Waals surface area contributed by atoms with Crippen molar-refractivity contribution in [1.82, 2.24) is 0 Å². The lowest BCUT2D eigenvalue weighted by molar-refractivity contribution is -0.205. The van der Waals surface area contributed by atoms with E-state index in [2.05, 4.69) is 54.1 Å². The summed E-state index contributed by atoms with van der Waals surface area (Å²) in [7, 11) is 3.03. The maximum absolute atomic E-state index is 11.2. The molecule has 0 aromatic carbocycles. The van der Waals surface area contributed by atoms with E-state index in [1.807, 2.05) is 149 Å². The van der Waals surface area contributed by atoms with Crippen molar-refractivity contribution in [1.29, 1.82) is 0 Å². The van der Waals surface area contributed by atoms with Crippen molar-refractivity contribution in [2.75, 3.05) is 35.6 Å². The highest BCUT2D eigenvalue weighted by atomic mass is 32.1. The van der Waals surface area contributed by atoms with Gasteiger partial charge in [-0.2, -0.15) is 8.78 Å². The molecule has 0 aliphatic rings. The van der Waals surface area contributed by atoms with E-state index in [0.29, 0.717) is 19.2 Å². The van der Waals surface area contributed by atoms with E-state index in [-0.39, 0.29) is 5.97 Å². The molecule has 0 saturated heterocycles. The van der Waals surface area contributed by atoms with Gasteiger partial charge >= 0.3 is 26.3 Å². The number of unbranched alkanes of at least 4 members (excludes halogenated alkanes) is 1. The van der Waals surface area contributed by atoms with Crippen molar-refractivity contribution in [2.24, 2.45) is 0 Å². The summed E-state index contributed by atoms with van der Waals surface area (Å²) >= 11 is 4.47. The number of carbonyl (C=O) groups is 3. The van der Waals surface area contributed by atoms with Crippen LogP contribution in [0.5, 0.6) is 0 Å². The largest absolute Gasteiger partial charge is 0.491 e. The number of alkyl halides is 3. The summed E-state index contributed by atoms with van der Waals surface area (Å²) in [5, 5.41) is 66.0. The fourth-order valence-corrected chi connectivity index (χ4v) is 0. The number of aliphatic carboxylic acids is 1. The fraction of sp³-hybridized carbons (Fsp3) is 0.840. The molecule has 0 bridgehead atoms. The maximum Gasteiger partial charge on any atom is 0.448 e. The molecule has 0 aromatic rings. The Bertz CT molecular complexity index is 625. The molecule has 0 aliphatic heterocycles. The Morgan fingerprint density at radius 1 is 0.563 bits per heavy atom. The van der Waals surface area contributed by atoms with Crippen molar-refractivity contribution in [2.45, 2.75) is 252 Å². The molecule has 0 heterocycles. The van der Waals surface area contributed by atoms with Crippen LogP contribution in [0.25, 0.3) is 0 Å². The van der Waals surface area contributed by atoms with E-state index in [4.69, 9.17) is 55.5 Å². The molecule has 0 amide bonds. The van der Waals surface area contributed by atoms with E-state index in [1.54, 1.807) is 34.8 Å². The van der Waals surface area contributed by atoms with Crippen LogP contribution < -0.4 is 0 Å². The number of aliphatic hydroxyl groups excluding tert-OH is 1. The summed E-state index contributed by atoms with van der Waals surface area (Å²) < 4.78 is 44.2. The number of aliphatic hydroxyl groups is 2. The fourth-order valence-electron chi connectivity index (χ4n) is 0. The van der Waals surface area contributed by atoms with Crippen LogP contribution in [-0.2, 0) is 28.6 Å². The SMILES string of the molecule is CB(O)O.CB(O)O.CC.CC.CC.CC.CC.CC.CC.CC(=O)O.CC(C)(C)O.CC=CC.CC=CC.CC=O.CCC.CCCC.CF.CO.COC(C)(F)F.COC(C)=O.COC(C)=S.OO. The number of thiocarbonyl (C=S) groups is 1. The molecule has 0 atom stereocenters. The zero-order chi connectivity index (χ0) is 64.7. The number of aldehydes is 1. The number of hydrogen-bond donors (Lipinski definition) is 9. The van der Waals surface area contributed by atoms with Crippen molar-refractivity contribution in [3.05, 3.63) is 24.3 Å². The summed E-state index contributed by atoms with van der Waals surface area (Å²) in [6, 6.07) is 0. The molecular formula is C50H131B2F3O15S. The van der Waals surface area contributed by atoms with E-state index in [9.17, 15) is 18.0 Å². The normalized spacial score (nSPS) is 6.70. The van der Waals surface area contributed by atoms with E-state index in [0.717, 1.165) is 27.4 Å². The lowest BCUT2D eigenvalue weighted by atomic mass is 9.99. The summed E-state index contributed by atoms with van der Waals surface area (Å²) in [4.78, 5) is 27.4. The van der Waals surface area contributed by atoms with Gasteiger partial charge in [0.25, 0.3) is 5.97 Å². The molecule has 0 spiro atoms.